The SMILES string of the molecule is CB(O)N1CCC(C2c3ccc(Cl)cc3C(CN3CCN=C3C)=Cc3cccnc32)CC1. The van der Waals surface area contributed by atoms with E-state index >= 15 is 0 Å². The second-order valence-electron chi connectivity index (χ2n) is 9.21. The number of hydrogen-bond donors (Lipinski definition) is 1. The van der Waals surface area contributed by atoms with Crippen LogP contribution in [0.5, 0.6) is 0 Å². The lowest BCUT2D eigenvalue weighted by atomic mass is 9.73. The molecular formula is C25H30BClN4O. The van der Waals surface area contributed by atoms with Crippen LogP contribution in [0.3, 0.4) is 0 Å². The first kappa shape index (κ1) is 21.7. The zero-order valence-corrected chi connectivity index (χ0v) is 19.6. The molecule has 1 N–H and O–H groups in total. The van der Waals surface area contributed by atoms with Gasteiger partial charge < -0.3 is 14.7 Å². The first-order chi connectivity index (χ1) is 15.5. The van der Waals surface area contributed by atoms with Gasteiger partial charge in [-0.1, -0.05) is 23.7 Å². The van der Waals surface area contributed by atoms with Crippen molar-refractivity contribution < 1.29 is 5.02 Å². The highest BCUT2D eigenvalue weighted by atomic mass is 35.5. The molecule has 1 aromatic carbocycles. The molecule has 5 nitrogen and oxygen atoms in total. The van der Waals surface area contributed by atoms with Gasteiger partial charge in [-0.05, 0) is 92.1 Å². The number of amidine groups is 1. The van der Waals surface area contributed by atoms with Gasteiger partial charge in [-0.2, -0.15) is 0 Å². The van der Waals surface area contributed by atoms with Gasteiger partial charge in [0.25, 0.3) is 0 Å². The van der Waals surface area contributed by atoms with E-state index in [1.54, 1.807) is 0 Å². The second kappa shape index (κ2) is 9.01. The number of pyridine rings is 1. The smallest absolute Gasteiger partial charge is 0.376 e. The Hall–Kier alpha value is -2.15. The number of aliphatic imine (C=N–C) groups is 1. The molecule has 0 spiro atoms. The standard InChI is InChI=1S/C25H30BClN4O/c1-17-28-10-13-30(17)16-20-14-19-4-3-9-29-25(19)24(22-6-5-21(27)15-23(20)22)18-7-11-31(12-8-18)26(2)32/h3-6,9,14-15,18,24,32H,7-8,10-13,16H2,1-2H3. The van der Waals surface area contributed by atoms with Crippen LogP contribution in [0, 0.1) is 5.92 Å². The third-order valence-electron chi connectivity index (χ3n) is 7.30. The molecular weight excluding hydrogens is 419 g/mol. The molecule has 1 aliphatic carbocycles. The molecule has 7 heteroatoms. The van der Waals surface area contributed by atoms with E-state index in [2.05, 4.69) is 45.9 Å². The Labute approximate surface area is 196 Å². The van der Waals surface area contributed by atoms with Crippen LogP contribution in [0.4, 0.5) is 0 Å². The predicted octanol–water partition coefficient (Wildman–Crippen LogP) is 4.28. The van der Waals surface area contributed by atoms with Crippen LogP contribution in [0.25, 0.3) is 11.6 Å². The van der Waals surface area contributed by atoms with E-state index in [-0.39, 0.29) is 13.0 Å². The van der Waals surface area contributed by atoms with Crippen molar-refractivity contribution in [2.24, 2.45) is 10.9 Å². The summed E-state index contributed by atoms with van der Waals surface area (Å²) in [5.74, 6) is 1.80. The molecule has 1 unspecified atom stereocenters. The normalized spacial score (nSPS) is 21.5. The van der Waals surface area contributed by atoms with E-state index < -0.39 is 0 Å². The fourth-order valence-corrected chi connectivity index (χ4v) is 5.70. The van der Waals surface area contributed by atoms with E-state index in [9.17, 15) is 5.02 Å². The third kappa shape index (κ3) is 4.12. The average Bonchev–Trinajstić information content (AvgIpc) is 3.14. The highest BCUT2D eigenvalue weighted by Gasteiger charge is 2.35. The van der Waals surface area contributed by atoms with Crippen LogP contribution in [-0.4, -0.2) is 65.3 Å². The Bertz CT molecular complexity index is 1060. The fourth-order valence-electron chi connectivity index (χ4n) is 5.53. The van der Waals surface area contributed by atoms with Crippen LogP contribution in [0.15, 0.2) is 41.5 Å². The molecule has 32 heavy (non-hydrogen) atoms. The number of benzene rings is 1. The van der Waals surface area contributed by atoms with Crippen LogP contribution in [0.2, 0.25) is 11.8 Å². The highest BCUT2D eigenvalue weighted by Crippen LogP contribution is 2.45. The average molecular weight is 449 g/mol. The minimum Gasteiger partial charge on any atom is -0.437 e. The van der Waals surface area contributed by atoms with E-state index in [1.807, 2.05) is 25.2 Å². The Morgan fingerprint density at radius 1 is 1.19 bits per heavy atom. The maximum Gasteiger partial charge on any atom is 0.376 e. The first-order valence-corrected chi connectivity index (χ1v) is 12.0. The van der Waals surface area contributed by atoms with Crippen LogP contribution in [-0.2, 0) is 0 Å². The lowest BCUT2D eigenvalue weighted by Gasteiger charge is -2.37. The third-order valence-corrected chi connectivity index (χ3v) is 7.53. The largest absolute Gasteiger partial charge is 0.437 e. The number of halogens is 1. The van der Waals surface area contributed by atoms with E-state index in [0.29, 0.717) is 5.92 Å². The van der Waals surface area contributed by atoms with Gasteiger partial charge >= 0.3 is 7.05 Å². The summed E-state index contributed by atoms with van der Waals surface area (Å²) in [6.45, 7) is 8.42. The fraction of sp³-hybridized carbons (Fsp3) is 0.440. The van der Waals surface area contributed by atoms with Crippen molar-refractivity contribution >= 4 is 36.1 Å². The van der Waals surface area contributed by atoms with Gasteiger partial charge in [0.05, 0.1) is 18.1 Å². The second-order valence-corrected chi connectivity index (χ2v) is 9.65. The molecule has 1 saturated heterocycles. The molecule has 5 rings (SSSR count). The Morgan fingerprint density at radius 2 is 2.00 bits per heavy atom. The summed E-state index contributed by atoms with van der Waals surface area (Å²) in [4.78, 5) is 14.0. The van der Waals surface area contributed by atoms with E-state index in [1.165, 1.54) is 22.3 Å². The molecule has 1 atom stereocenters. The molecule has 2 aromatic rings. The zero-order chi connectivity index (χ0) is 22.2. The van der Waals surface area contributed by atoms with Crippen LogP contribution < -0.4 is 0 Å². The lowest BCUT2D eigenvalue weighted by Crippen LogP contribution is -2.44. The summed E-state index contributed by atoms with van der Waals surface area (Å²) in [7, 11) is -0.389. The summed E-state index contributed by atoms with van der Waals surface area (Å²) >= 11 is 6.52. The summed E-state index contributed by atoms with van der Waals surface area (Å²) in [5, 5.41) is 10.8. The molecule has 2 aliphatic heterocycles. The molecule has 3 heterocycles. The maximum atomic E-state index is 10.0. The minimum absolute atomic E-state index is 0.219. The summed E-state index contributed by atoms with van der Waals surface area (Å²) in [6, 6.07) is 10.6. The Kier molecular flexibility index (Phi) is 6.10. The summed E-state index contributed by atoms with van der Waals surface area (Å²) in [5.41, 5.74) is 6.19. The Morgan fingerprint density at radius 3 is 2.72 bits per heavy atom. The van der Waals surface area contributed by atoms with Gasteiger partial charge in [0.1, 0.15) is 0 Å². The van der Waals surface area contributed by atoms with Crippen molar-refractivity contribution in [3.05, 3.63) is 63.9 Å². The first-order valence-electron chi connectivity index (χ1n) is 11.6. The predicted molar refractivity (Wildman–Crippen MR) is 133 cm³/mol. The van der Waals surface area contributed by atoms with E-state index in [0.717, 1.165) is 62.1 Å². The molecule has 1 fully saturated rings. The molecule has 0 saturated carbocycles. The number of rotatable bonds is 4. The number of aromatic nitrogens is 1. The van der Waals surface area contributed by atoms with Crippen molar-refractivity contribution in [1.82, 2.24) is 14.7 Å². The topological polar surface area (TPSA) is 52.0 Å². The lowest BCUT2D eigenvalue weighted by molar-refractivity contribution is 0.235. The van der Waals surface area contributed by atoms with E-state index in [4.69, 9.17) is 16.6 Å². The van der Waals surface area contributed by atoms with Gasteiger partial charge in [0.15, 0.2) is 0 Å². The van der Waals surface area contributed by atoms with Crippen molar-refractivity contribution in [2.75, 3.05) is 32.7 Å². The molecule has 3 aliphatic rings. The number of nitrogens with zero attached hydrogens (tertiary/aromatic N) is 4. The van der Waals surface area contributed by atoms with Gasteiger partial charge in [0, 0.05) is 30.2 Å². The maximum absolute atomic E-state index is 10.0. The molecule has 0 radical (unpaired) electrons. The van der Waals surface area contributed by atoms with Gasteiger partial charge in [-0.15, -0.1) is 0 Å². The zero-order valence-electron chi connectivity index (χ0n) is 18.8. The van der Waals surface area contributed by atoms with Gasteiger partial charge in [0.2, 0.25) is 0 Å². The quantitative estimate of drug-likeness (QED) is 0.709. The number of hydrogen-bond acceptors (Lipinski definition) is 5. The number of piperidine rings is 1. The van der Waals surface area contributed by atoms with Gasteiger partial charge in [-0.3, -0.25) is 9.98 Å². The summed E-state index contributed by atoms with van der Waals surface area (Å²) in [6.07, 6.45) is 6.32. The molecule has 0 bridgehead atoms. The number of fused-ring (bicyclic) bond motifs is 2. The molecule has 0 amide bonds. The van der Waals surface area contributed by atoms with Crippen molar-refractivity contribution in [2.45, 2.75) is 32.5 Å². The molecule has 1 aromatic heterocycles. The van der Waals surface area contributed by atoms with Crippen molar-refractivity contribution in [3.63, 3.8) is 0 Å². The van der Waals surface area contributed by atoms with Crippen molar-refractivity contribution in [3.8, 4) is 0 Å². The van der Waals surface area contributed by atoms with Crippen LogP contribution in [0.1, 0.15) is 48.1 Å². The minimum atomic E-state index is -0.389. The summed E-state index contributed by atoms with van der Waals surface area (Å²) < 4.78 is 0. The Balaban J connectivity index is 1.58. The van der Waals surface area contributed by atoms with Crippen molar-refractivity contribution in [1.29, 1.82) is 0 Å². The van der Waals surface area contributed by atoms with Crippen LogP contribution >= 0.6 is 11.6 Å². The van der Waals surface area contributed by atoms with Gasteiger partial charge in [-0.25, -0.2) is 0 Å². The monoisotopic (exact) mass is 448 g/mol. The highest BCUT2D eigenvalue weighted by molar-refractivity contribution is 6.45. The molecule has 166 valence electrons.